The lowest BCUT2D eigenvalue weighted by Gasteiger charge is -2.34. The van der Waals surface area contributed by atoms with Crippen molar-refractivity contribution >= 4 is 21.9 Å². The van der Waals surface area contributed by atoms with Crippen LogP contribution in [0.25, 0.3) is 0 Å². The van der Waals surface area contributed by atoms with Gasteiger partial charge in [0, 0.05) is 18.2 Å². The van der Waals surface area contributed by atoms with Gasteiger partial charge >= 0.3 is 5.97 Å². The molecule has 1 atom stereocenters. The van der Waals surface area contributed by atoms with Gasteiger partial charge in [-0.2, -0.15) is 0 Å². The van der Waals surface area contributed by atoms with Gasteiger partial charge in [0.2, 0.25) is 10.0 Å². The van der Waals surface area contributed by atoms with Crippen molar-refractivity contribution in [1.82, 2.24) is 9.62 Å². The molecule has 1 aliphatic heterocycles. The summed E-state index contributed by atoms with van der Waals surface area (Å²) < 4.78 is 32.5. The number of esters is 1. The molecular formula is C18H24N2O5S. The summed E-state index contributed by atoms with van der Waals surface area (Å²) >= 11 is 0. The van der Waals surface area contributed by atoms with E-state index in [2.05, 4.69) is 4.72 Å². The van der Waals surface area contributed by atoms with Crippen molar-refractivity contribution < 1.29 is 22.7 Å². The molecule has 0 radical (unpaired) electrons. The Hall–Kier alpha value is -1.93. The number of nitrogens with one attached hydrogen (secondary N) is 1. The summed E-state index contributed by atoms with van der Waals surface area (Å²) in [5, 5.41) is 0. The monoisotopic (exact) mass is 380 g/mol. The number of rotatable bonds is 6. The van der Waals surface area contributed by atoms with Crippen molar-refractivity contribution in [2.45, 2.75) is 56.0 Å². The second-order valence-corrected chi connectivity index (χ2v) is 8.40. The minimum absolute atomic E-state index is 0.00496. The Bertz CT molecular complexity index is 789. The lowest BCUT2D eigenvalue weighted by atomic mass is 10.0. The van der Waals surface area contributed by atoms with Crippen LogP contribution < -0.4 is 4.72 Å². The standard InChI is InChI=1S/C18H24N2O5S/c1-2-25-18(22)16-8-3-4-11-20(16)17(21)13-6-5-7-15(12-13)26(23,24)19-14-9-10-14/h5-7,12,14,16,19H,2-4,8-11H2,1H3. The molecule has 1 unspecified atom stereocenters. The fraction of sp³-hybridized carbons (Fsp3) is 0.556. The second-order valence-electron chi connectivity index (χ2n) is 6.69. The minimum Gasteiger partial charge on any atom is -0.464 e. The first kappa shape index (κ1) is 18.8. The van der Waals surface area contributed by atoms with E-state index in [1.807, 2.05) is 0 Å². The lowest BCUT2D eigenvalue weighted by molar-refractivity contribution is -0.149. The Kier molecular flexibility index (Phi) is 5.62. The Morgan fingerprint density at radius 3 is 2.69 bits per heavy atom. The van der Waals surface area contributed by atoms with E-state index in [1.54, 1.807) is 19.1 Å². The van der Waals surface area contributed by atoms with Crippen LogP contribution in [-0.4, -0.2) is 50.4 Å². The van der Waals surface area contributed by atoms with Crippen LogP contribution in [0.15, 0.2) is 29.2 Å². The maximum Gasteiger partial charge on any atom is 0.328 e. The van der Waals surface area contributed by atoms with Crippen LogP contribution in [0.1, 0.15) is 49.4 Å². The summed E-state index contributed by atoms with van der Waals surface area (Å²) in [6.45, 7) is 2.45. The van der Waals surface area contributed by atoms with Gasteiger partial charge in [0.15, 0.2) is 0 Å². The number of nitrogens with zero attached hydrogens (tertiary/aromatic N) is 1. The molecule has 7 nitrogen and oxygen atoms in total. The summed E-state index contributed by atoms with van der Waals surface area (Å²) in [6.07, 6.45) is 3.90. The highest BCUT2D eigenvalue weighted by atomic mass is 32.2. The average Bonchev–Trinajstić information content (AvgIpc) is 3.45. The smallest absolute Gasteiger partial charge is 0.328 e. The third kappa shape index (κ3) is 4.24. The van der Waals surface area contributed by atoms with Gasteiger partial charge in [0.25, 0.3) is 5.91 Å². The van der Waals surface area contributed by atoms with E-state index in [4.69, 9.17) is 4.74 Å². The molecule has 1 N–H and O–H groups in total. The average molecular weight is 380 g/mol. The molecule has 1 saturated carbocycles. The van der Waals surface area contributed by atoms with Crippen LogP contribution in [0.3, 0.4) is 0 Å². The molecule has 1 aromatic carbocycles. The lowest BCUT2D eigenvalue weighted by Crippen LogP contribution is -2.48. The van der Waals surface area contributed by atoms with E-state index in [0.717, 1.165) is 25.7 Å². The van der Waals surface area contributed by atoms with Gasteiger partial charge in [-0.15, -0.1) is 0 Å². The second kappa shape index (κ2) is 7.75. The van der Waals surface area contributed by atoms with Crippen molar-refractivity contribution in [2.24, 2.45) is 0 Å². The van der Waals surface area contributed by atoms with Gasteiger partial charge in [0.05, 0.1) is 11.5 Å². The van der Waals surface area contributed by atoms with Crippen LogP contribution in [0.5, 0.6) is 0 Å². The Morgan fingerprint density at radius 2 is 2.00 bits per heavy atom. The van der Waals surface area contributed by atoms with E-state index < -0.39 is 22.0 Å². The van der Waals surface area contributed by atoms with Crippen molar-refractivity contribution in [1.29, 1.82) is 0 Å². The first-order valence-electron chi connectivity index (χ1n) is 9.02. The number of hydrogen-bond donors (Lipinski definition) is 1. The molecule has 1 amide bonds. The number of ether oxygens (including phenoxy) is 1. The van der Waals surface area contributed by atoms with Crippen molar-refractivity contribution in [3.8, 4) is 0 Å². The fourth-order valence-electron chi connectivity index (χ4n) is 3.11. The number of piperidine rings is 1. The zero-order chi connectivity index (χ0) is 18.7. The zero-order valence-electron chi connectivity index (χ0n) is 14.8. The normalized spacial score (nSPS) is 20.7. The first-order chi connectivity index (χ1) is 12.4. The largest absolute Gasteiger partial charge is 0.464 e. The molecule has 142 valence electrons. The molecule has 3 rings (SSSR count). The number of amides is 1. The number of likely N-dealkylation sites (tertiary alicyclic amines) is 1. The van der Waals surface area contributed by atoms with Gasteiger partial charge in [-0.25, -0.2) is 17.9 Å². The third-order valence-corrected chi connectivity index (χ3v) is 6.13. The molecule has 0 aromatic heterocycles. The maximum absolute atomic E-state index is 12.9. The van der Waals surface area contributed by atoms with E-state index in [0.29, 0.717) is 13.0 Å². The number of sulfonamides is 1. The quantitative estimate of drug-likeness (QED) is 0.758. The van der Waals surface area contributed by atoms with E-state index in [1.165, 1.54) is 17.0 Å². The summed E-state index contributed by atoms with van der Waals surface area (Å²) in [4.78, 5) is 26.7. The van der Waals surface area contributed by atoms with Crippen LogP contribution in [0.4, 0.5) is 0 Å². The SMILES string of the molecule is CCOC(=O)C1CCCCN1C(=O)c1cccc(S(=O)(=O)NC2CC2)c1. The third-order valence-electron chi connectivity index (χ3n) is 4.61. The molecule has 1 saturated heterocycles. The predicted molar refractivity (Wildman–Crippen MR) is 95.1 cm³/mol. The van der Waals surface area contributed by atoms with Crippen LogP contribution >= 0.6 is 0 Å². The van der Waals surface area contributed by atoms with Gasteiger partial charge in [0.1, 0.15) is 6.04 Å². The molecule has 2 fully saturated rings. The Labute approximate surface area is 153 Å². The highest BCUT2D eigenvalue weighted by Crippen LogP contribution is 2.24. The maximum atomic E-state index is 12.9. The number of carbonyl (C=O) groups excluding carboxylic acids is 2. The number of carbonyl (C=O) groups is 2. The Balaban J connectivity index is 1.82. The molecule has 1 aliphatic carbocycles. The van der Waals surface area contributed by atoms with Crippen molar-refractivity contribution in [3.05, 3.63) is 29.8 Å². The molecule has 0 bridgehead atoms. The van der Waals surface area contributed by atoms with Crippen LogP contribution in [-0.2, 0) is 19.6 Å². The fourth-order valence-corrected chi connectivity index (χ4v) is 4.46. The predicted octanol–water partition coefficient (Wildman–Crippen LogP) is 1.69. The molecule has 8 heteroatoms. The Morgan fingerprint density at radius 1 is 1.23 bits per heavy atom. The van der Waals surface area contributed by atoms with Crippen LogP contribution in [0, 0.1) is 0 Å². The summed E-state index contributed by atoms with van der Waals surface area (Å²) in [7, 11) is -3.63. The van der Waals surface area contributed by atoms with Gasteiger partial charge < -0.3 is 9.64 Å². The van der Waals surface area contributed by atoms with E-state index in [9.17, 15) is 18.0 Å². The summed E-state index contributed by atoms with van der Waals surface area (Å²) in [5.74, 6) is -0.744. The number of hydrogen-bond acceptors (Lipinski definition) is 5. The number of benzene rings is 1. The molecule has 2 aliphatic rings. The van der Waals surface area contributed by atoms with Crippen molar-refractivity contribution in [2.75, 3.05) is 13.2 Å². The van der Waals surface area contributed by atoms with Gasteiger partial charge in [-0.1, -0.05) is 6.07 Å². The van der Waals surface area contributed by atoms with Gasteiger partial charge in [-0.05, 0) is 57.2 Å². The topological polar surface area (TPSA) is 92.8 Å². The van der Waals surface area contributed by atoms with Crippen LogP contribution in [0.2, 0.25) is 0 Å². The highest BCUT2D eigenvalue weighted by molar-refractivity contribution is 7.89. The van der Waals surface area contributed by atoms with Crippen molar-refractivity contribution in [3.63, 3.8) is 0 Å². The molecular weight excluding hydrogens is 356 g/mol. The summed E-state index contributed by atoms with van der Waals surface area (Å²) in [6, 6.07) is 5.37. The zero-order valence-corrected chi connectivity index (χ0v) is 15.6. The van der Waals surface area contributed by atoms with Gasteiger partial charge in [-0.3, -0.25) is 4.79 Å². The molecule has 0 spiro atoms. The molecule has 1 heterocycles. The van der Waals surface area contributed by atoms with E-state index in [-0.39, 0.29) is 29.0 Å². The minimum atomic E-state index is -3.63. The highest BCUT2D eigenvalue weighted by Gasteiger charge is 2.34. The summed E-state index contributed by atoms with van der Waals surface area (Å²) in [5.41, 5.74) is 0.264. The molecule has 26 heavy (non-hydrogen) atoms. The van der Waals surface area contributed by atoms with E-state index >= 15 is 0 Å². The molecule has 1 aromatic rings. The first-order valence-corrected chi connectivity index (χ1v) is 10.5.